The van der Waals surface area contributed by atoms with Gasteiger partial charge in [-0.05, 0) is 24.1 Å². The van der Waals surface area contributed by atoms with E-state index in [0.29, 0.717) is 30.3 Å². The molecule has 0 fully saturated rings. The Bertz CT molecular complexity index is 719. The molecule has 2 aromatic carbocycles. The Hall–Kier alpha value is -2.89. The first-order valence-electron chi connectivity index (χ1n) is 8.41. The molecule has 0 spiro atoms. The number of carbonyl (C=O) groups is 1. The Labute approximate surface area is 154 Å². The molecule has 2 rings (SSSR count). The Kier molecular flexibility index (Phi) is 7.14. The number of amides is 2. The summed E-state index contributed by atoms with van der Waals surface area (Å²) >= 11 is 0. The number of urea groups is 1. The number of ether oxygens (including phenoxy) is 3. The van der Waals surface area contributed by atoms with E-state index in [1.165, 1.54) is 5.56 Å². The molecule has 0 saturated heterocycles. The van der Waals surface area contributed by atoms with Gasteiger partial charge in [-0.1, -0.05) is 30.3 Å². The molecule has 0 bridgehead atoms. The second-order valence-corrected chi connectivity index (χ2v) is 5.82. The molecule has 26 heavy (non-hydrogen) atoms. The van der Waals surface area contributed by atoms with Crippen molar-refractivity contribution in [2.75, 3.05) is 34.9 Å². The minimum absolute atomic E-state index is 0.141. The number of hydrogen-bond acceptors (Lipinski definition) is 4. The maximum Gasteiger partial charge on any atom is 0.317 e. The summed E-state index contributed by atoms with van der Waals surface area (Å²) in [6.45, 7) is 0.969. The Morgan fingerprint density at radius 1 is 0.962 bits per heavy atom. The number of nitrogens with one attached hydrogen (secondary N) is 1. The van der Waals surface area contributed by atoms with Gasteiger partial charge in [-0.15, -0.1) is 0 Å². The van der Waals surface area contributed by atoms with Gasteiger partial charge in [0.05, 0.1) is 27.9 Å². The molecule has 0 aliphatic carbocycles. The van der Waals surface area contributed by atoms with Crippen molar-refractivity contribution >= 4 is 6.03 Å². The van der Waals surface area contributed by atoms with Gasteiger partial charge in [0.15, 0.2) is 11.5 Å². The number of hydrogen-bond donors (Lipinski definition) is 1. The fraction of sp³-hybridized carbons (Fsp3) is 0.350. The highest BCUT2D eigenvalue weighted by molar-refractivity contribution is 5.74. The van der Waals surface area contributed by atoms with E-state index < -0.39 is 0 Å². The highest BCUT2D eigenvalue weighted by Gasteiger charge is 2.18. The molecule has 1 N–H and O–H groups in total. The molecule has 0 unspecified atom stereocenters. The third-order valence-electron chi connectivity index (χ3n) is 4.07. The van der Waals surface area contributed by atoms with Crippen LogP contribution in [-0.4, -0.2) is 45.9 Å². The zero-order chi connectivity index (χ0) is 18.9. The fourth-order valence-electron chi connectivity index (χ4n) is 2.71. The van der Waals surface area contributed by atoms with E-state index in [0.717, 1.165) is 12.0 Å². The molecule has 6 nitrogen and oxygen atoms in total. The number of rotatable bonds is 8. The van der Waals surface area contributed by atoms with Crippen LogP contribution in [0, 0.1) is 0 Å². The van der Waals surface area contributed by atoms with Gasteiger partial charge >= 0.3 is 6.03 Å². The number of carbonyl (C=O) groups excluding carboxylic acids is 1. The van der Waals surface area contributed by atoms with Crippen LogP contribution >= 0.6 is 0 Å². The standard InChI is InChI=1S/C20H26N2O4/c1-22(20(23)21-13-12-15-8-6-5-7-9-15)14-16-10-11-17(24-2)19(26-4)18(16)25-3/h5-11H,12-14H2,1-4H3,(H,21,23). The smallest absolute Gasteiger partial charge is 0.317 e. The SMILES string of the molecule is COc1ccc(CN(C)C(=O)NCCc2ccccc2)c(OC)c1OC. The average molecular weight is 358 g/mol. The summed E-state index contributed by atoms with van der Waals surface area (Å²) < 4.78 is 16.1. The van der Waals surface area contributed by atoms with Gasteiger partial charge in [-0.3, -0.25) is 0 Å². The highest BCUT2D eigenvalue weighted by Crippen LogP contribution is 2.40. The zero-order valence-electron chi connectivity index (χ0n) is 15.7. The maximum atomic E-state index is 12.3. The molecule has 0 atom stereocenters. The summed E-state index contributed by atoms with van der Waals surface area (Å²) in [5.74, 6) is 1.67. The lowest BCUT2D eigenvalue weighted by Crippen LogP contribution is -2.37. The van der Waals surface area contributed by atoms with Gasteiger partial charge in [-0.2, -0.15) is 0 Å². The summed E-state index contributed by atoms with van der Waals surface area (Å²) in [7, 11) is 6.45. The summed E-state index contributed by atoms with van der Waals surface area (Å²) in [5.41, 5.74) is 2.03. The van der Waals surface area contributed by atoms with E-state index in [4.69, 9.17) is 14.2 Å². The summed E-state index contributed by atoms with van der Waals surface area (Å²) in [6.07, 6.45) is 0.792. The van der Waals surface area contributed by atoms with Crippen molar-refractivity contribution in [1.29, 1.82) is 0 Å². The van der Waals surface area contributed by atoms with Crippen molar-refractivity contribution in [1.82, 2.24) is 10.2 Å². The first kappa shape index (κ1) is 19.4. The lowest BCUT2D eigenvalue weighted by molar-refractivity contribution is 0.206. The van der Waals surface area contributed by atoms with Crippen molar-refractivity contribution in [2.45, 2.75) is 13.0 Å². The van der Waals surface area contributed by atoms with Crippen molar-refractivity contribution < 1.29 is 19.0 Å². The molecule has 0 radical (unpaired) electrons. The molecule has 0 aliphatic heterocycles. The molecule has 0 heterocycles. The van der Waals surface area contributed by atoms with Crippen molar-refractivity contribution in [3.05, 3.63) is 53.6 Å². The largest absolute Gasteiger partial charge is 0.493 e. The second kappa shape index (κ2) is 9.56. The zero-order valence-corrected chi connectivity index (χ0v) is 15.7. The van der Waals surface area contributed by atoms with Crippen LogP contribution in [0.15, 0.2) is 42.5 Å². The van der Waals surface area contributed by atoms with Gasteiger partial charge in [0.2, 0.25) is 5.75 Å². The van der Waals surface area contributed by atoms with Crippen LogP contribution in [0.2, 0.25) is 0 Å². The summed E-state index contributed by atoms with van der Waals surface area (Å²) in [6, 6.07) is 13.6. The molecule has 0 aromatic heterocycles. The van der Waals surface area contributed by atoms with Crippen LogP contribution in [0.3, 0.4) is 0 Å². The fourth-order valence-corrected chi connectivity index (χ4v) is 2.71. The van der Waals surface area contributed by atoms with Crippen LogP contribution in [0.25, 0.3) is 0 Å². The van der Waals surface area contributed by atoms with Crippen LogP contribution in [0.4, 0.5) is 4.79 Å². The van der Waals surface area contributed by atoms with Gasteiger partial charge < -0.3 is 24.4 Å². The van der Waals surface area contributed by atoms with Crippen molar-refractivity contribution in [3.8, 4) is 17.2 Å². The van der Waals surface area contributed by atoms with E-state index in [1.54, 1.807) is 39.3 Å². The van der Waals surface area contributed by atoms with E-state index in [2.05, 4.69) is 5.32 Å². The molecule has 6 heteroatoms. The number of nitrogens with zero attached hydrogens (tertiary/aromatic N) is 1. The highest BCUT2D eigenvalue weighted by atomic mass is 16.5. The van der Waals surface area contributed by atoms with E-state index in [1.807, 2.05) is 36.4 Å². The first-order chi connectivity index (χ1) is 12.6. The van der Waals surface area contributed by atoms with E-state index in [9.17, 15) is 4.79 Å². The second-order valence-electron chi connectivity index (χ2n) is 5.82. The van der Waals surface area contributed by atoms with Crippen LogP contribution in [0.1, 0.15) is 11.1 Å². The predicted octanol–water partition coefficient (Wildman–Crippen LogP) is 3.10. The molecule has 2 amide bonds. The molecule has 0 saturated carbocycles. The lowest BCUT2D eigenvalue weighted by Gasteiger charge is -2.21. The van der Waals surface area contributed by atoms with Crippen LogP contribution in [0.5, 0.6) is 17.2 Å². The van der Waals surface area contributed by atoms with Crippen molar-refractivity contribution in [3.63, 3.8) is 0 Å². The quantitative estimate of drug-likeness (QED) is 0.788. The molecular weight excluding hydrogens is 332 g/mol. The van der Waals surface area contributed by atoms with Gasteiger partial charge in [-0.25, -0.2) is 4.79 Å². The minimum atomic E-state index is -0.141. The lowest BCUT2D eigenvalue weighted by atomic mass is 10.1. The van der Waals surface area contributed by atoms with Gasteiger partial charge in [0.25, 0.3) is 0 Å². The Balaban J connectivity index is 1.97. The number of benzene rings is 2. The van der Waals surface area contributed by atoms with Crippen LogP contribution < -0.4 is 19.5 Å². The van der Waals surface area contributed by atoms with Crippen molar-refractivity contribution in [2.24, 2.45) is 0 Å². The summed E-state index contributed by atoms with van der Waals surface area (Å²) in [5, 5.41) is 2.93. The average Bonchev–Trinajstić information content (AvgIpc) is 2.68. The molecule has 0 aliphatic rings. The topological polar surface area (TPSA) is 60.0 Å². The normalized spacial score (nSPS) is 10.2. The minimum Gasteiger partial charge on any atom is -0.493 e. The molecule has 140 valence electrons. The summed E-state index contributed by atoms with van der Waals surface area (Å²) in [4.78, 5) is 13.9. The number of methoxy groups -OCH3 is 3. The Morgan fingerprint density at radius 3 is 2.27 bits per heavy atom. The van der Waals surface area contributed by atoms with E-state index >= 15 is 0 Å². The first-order valence-corrected chi connectivity index (χ1v) is 8.41. The Morgan fingerprint density at radius 2 is 1.65 bits per heavy atom. The third kappa shape index (κ3) is 4.81. The van der Waals surface area contributed by atoms with E-state index in [-0.39, 0.29) is 6.03 Å². The van der Waals surface area contributed by atoms with Gasteiger partial charge in [0.1, 0.15) is 0 Å². The maximum absolute atomic E-state index is 12.3. The van der Waals surface area contributed by atoms with Crippen LogP contribution in [-0.2, 0) is 13.0 Å². The monoisotopic (exact) mass is 358 g/mol. The van der Waals surface area contributed by atoms with Gasteiger partial charge in [0, 0.05) is 19.2 Å². The predicted molar refractivity (Wildman–Crippen MR) is 101 cm³/mol. The third-order valence-corrected chi connectivity index (χ3v) is 4.07. The molecular formula is C20H26N2O4. The molecule has 2 aromatic rings.